The molecule has 1 aromatic heterocycles. The highest BCUT2D eigenvalue weighted by molar-refractivity contribution is 8.30. The highest BCUT2D eigenvalue weighted by Crippen LogP contribution is 2.30. The molecule has 0 amide bonds. The number of nitrogens with zero attached hydrogens (tertiary/aromatic N) is 1. The van der Waals surface area contributed by atoms with Crippen LogP contribution in [0.5, 0.6) is 10.9 Å². The van der Waals surface area contributed by atoms with Gasteiger partial charge in [0.1, 0.15) is 5.75 Å². The molecule has 0 spiro atoms. The molecule has 0 saturated heterocycles. The molecule has 3 aromatic rings. The monoisotopic (exact) mass is 337 g/mol. The molecule has 0 aliphatic carbocycles. The summed E-state index contributed by atoms with van der Waals surface area (Å²) in [5.74, 6) is 0.670. The molecule has 21 heavy (non-hydrogen) atoms. The predicted molar refractivity (Wildman–Crippen MR) is 87.0 cm³/mol. The summed E-state index contributed by atoms with van der Waals surface area (Å²) >= 11 is 6.43. The maximum absolute atomic E-state index is 12.6. The van der Waals surface area contributed by atoms with Gasteiger partial charge in [-0.25, -0.2) is 9.19 Å². The van der Waals surface area contributed by atoms with Gasteiger partial charge in [0.2, 0.25) is 8.77 Å². The van der Waals surface area contributed by atoms with Crippen LogP contribution in [0.4, 0.5) is 0 Å². The maximum atomic E-state index is 12.6. The highest BCUT2D eigenvalue weighted by Gasteiger charge is 2.15. The fourth-order valence-corrected chi connectivity index (χ4v) is 4.34. The third-order valence-corrected chi connectivity index (χ3v) is 5.83. The van der Waals surface area contributed by atoms with Gasteiger partial charge in [-0.1, -0.05) is 23.5 Å². The quantitative estimate of drug-likeness (QED) is 0.730. The van der Waals surface area contributed by atoms with E-state index in [4.69, 9.17) is 20.1 Å². The summed E-state index contributed by atoms with van der Waals surface area (Å²) in [6.45, 7) is 0. The van der Waals surface area contributed by atoms with Crippen LogP contribution in [0, 0.1) is 0 Å². The molecule has 4 nitrogen and oxygen atoms in total. The first-order valence-corrected chi connectivity index (χ1v) is 9.25. The lowest BCUT2D eigenvalue weighted by molar-refractivity contribution is 0.414. The van der Waals surface area contributed by atoms with Crippen LogP contribution in [0.2, 0.25) is 0 Å². The Morgan fingerprint density at radius 1 is 1.14 bits per heavy atom. The van der Waals surface area contributed by atoms with Gasteiger partial charge < -0.3 is 8.92 Å². The fraction of sp³-hybridized carbons (Fsp3) is 0.0714. The molecule has 0 fully saturated rings. The third-order valence-electron chi connectivity index (χ3n) is 2.80. The summed E-state index contributed by atoms with van der Waals surface area (Å²) in [7, 11) is -1.49. The normalized spacial score (nSPS) is 13.8. The van der Waals surface area contributed by atoms with E-state index in [1.54, 1.807) is 31.4 Å². The van der Waals surface area contributed by atoms with Crippen molar-refractivity contribution in [3.63, 3.8) is 0 Å². The first-order valence-electron chi connectivity index (χ1n) is 6.02. The molecule has 0 aliphatic rings. The third kappa shape index (κ3) is 2.99. The number of thiazole rings is 1. The van der Waals surface area contributed by atoms with Gasteiger partial charge >= 0.3 is 0 Å². The van der Waals surface area contributed by atoms with E-state index in [-0.39, 0.29) is 0 Å². The van der Waals surface area contributed by atoms with Gasteiger partial charge in [0.05, 0.1) is 22.2 Å². The van der Waals surface area contributed by atoms with Crippen LogP contribution < -0.4 is 8.92 Å². The smallest absolute Gasteiger partial charge is 0.290 e. The summed E-state index contributed by atoms with van der Waals surface area (Å²) < 4.78 is 24.0. The van der Waals surface area contributed by atoms with Gasteiger partial charge in [0.25, 0.3) is 5.19 Å². The highest BCUT2D eigenvalue weighted by atomic mass is 32.8. The number of methoxy groups -OCH3 is 1. The Morgan fingerprint density at radius 3 is 2.52 bits per heavy atom. The van der Waals surface area contributed by atoms with Crippen molar-refractivity contribution in [2.45, 2.75) is 4.90 Å². The van der Waals surface area contributed by atoms with E-state index in [2.05, 4.69) is 4.98 Å². The van der Waals surface area contributed by atoms with Gasteiger partial charge in [-0.05, 0) is 36.4 Å². The Kier molecular flexibility index (Phi) is 3.79. The van der Waals surface area contributed by atoms with E-state index in [1.165, 1.54) is 11.3 Å². The average molecular weight is 337 g/mol. The number of fused-ring (bicyclic) bond motifs is 1. The Hall–Kier alpha value is -1.70. The number of aromatic nitrogens is 1. The number of hydrogen-bond acceptors (Lipinski definition) is 6. The van der Waals surface area contributed by atoms with E-state index in [0.717, 1.165) is 10.2 Å². The number of hydrogen-bond donors (Lipinski definition) is 0. The predicted octanol–water partition coefficient (Wildman–Crippen LogP) is 3.40. The van der Waals surface area contributed by atoms with Gasteiger partial charge in [0, 0.05) is 11.2 Å². The van der Waals surface area contributed by atoms with Crippen LogP contribution in [0.25, 0.3) is 10.2 Å². The molecule has 2 aromatic carbocycles. The van der Waals surface area contributed by atoms with Gasteiger partial charge in [-0.2, -0.15) is 0 Å². The topological polar surface area (TPSA) is 48.4 Å². The molecular formula is C14H11NO3S3. The molecule has 1 atom stereocenters. The second kappa shape index (κ2) is 5.59. The second-order valence-electron chi connectivity index (χ2n) is 4.16. The van der Waals surface area contributed by atoms with Gasteiger partial charge in [-0.15, -0.1) is 0 Å². The SMILES string of the molecule is COc1ccc(S(=O)(=S)Oc2nc3ccccc3s2)cc1. The first kappa shape index (κ1) is 14.2. The van der Waals surface area contributed by atoms with Crippen LogP contribution in [0.3, 0.4) is 0 Å². The number of rotatable bonds is 4. The minimum absolute atomic E-state index is 0.312. The molecule has 108 valence electrons. The fourth-order valence-electron chi connectivity index (χ4n) is 1.77. The molecule has 0 radical (unpaired) electrons. The molecule has 0 saturated carbocycles. The van der Waals surface area contributed by atoms with Crippen molar-refractivity contribution >= 4 is 41.5 Å². The van der Waals surface area contributed by atoms with Crippen molar-refractivity contribution in [1.29, 1.82) is 0 Å². The van der Waals surface area contributed by atoms with E-state index in [1.807, 2.05) is 24.3 Å². The lowest BCUT2D eigenvalue weighted by Crippen LogP contribution is -2.07. The van der Waals surface area contributed by atoms with Crippen molar-refractivity contribution in [3.05, 3.63) is 48.5 Å². The van der Waals surface area contributed by atoms with Crippen LogP contribution in [-0.4, -0.2) is 16.3 Å². The second-order valence-corrected chi connectivity index (χ2v) is 8.02. The number of benzene rings is 2. The van der Waals surface area contributed by atoms with Crippen molar-refractivity contribution in [2.24, 2.45) is 0 Å². The molecule has 0 N–H and O–H groups in total. The van der Waals surface area contributed by atoms with E-state index in [0.29, 0.717) is 15.8 Å². The molecule has 1 heterocycles. The van der Waals surface area contributed by atoms with Crippen molar-refractivity contribution in [3.8, 4) is 10.9 Å². The molecule has 1 unspecified atom stereocenters. The van der Waals surface area contributed by atoms with Crippen LogP contribution in [0.15, 0.2) is 53.4 Å². The minimum Gasteiger partial charge on any atom is -0.497 e. The summed E-state index contributed by atoms with van der Waals surface area (Å²) in [4.78, 5) is 4.71. The minimum atomic E-state index is -3.06. The molecular weight excluding hydrogens is 326 g/mol. The standard InChI is InChI=1S/C14H11NO3S3/c1-17-10-6-8-11(9-7-10)21(16,19)18-14-15-12-4-2-3-5-13(12)20-14/h2-9H,1H3. The zero-order valence-electron chi connectivity index (χ0n) is 11.0. The number of ether oxygens (including phenoxy) is 1. The first-order chi connectivity index (χ1) is 10.1. The van der Waals surface area contributed by atoms with Crippen molar-refractivity contribution in [2.75, 3.05) is 7.11 Å². The summed E-state index contributed by atoms with van der Waals surface area (Å²) in [5.41, 5.74) is 0.803. The molecule has 3 rings (SSSR count). The van der Waals surface area contributed by atoms with Crippen LogP contribution >= 0.6 is 11.3 Å². The lowest BCUT2D eigenvalue weighted by Gasteiger charge is -2.07. The summed E-state index contributed by atoms with van der Waals surface area (Å²) in [5, 5.41) is 0.312. The Bertz CT molecular complexity index is 837. The lowest BCUT2D eigenvalue weighted by atomic mass is 10.3. The van der Waals surface area contributed by atoms with E-state index in [9.17, 15) is 4.21 Å². The molecule has 0 aliphatic heterocycles. The molecule has 0 bridgehead atoms. The van der Waals surface area contributed by atoms with Crippen molar-refractivity contribution < 1.29 is 13.1 Å². The largest absolute Gasteiger partial charge is 0.497 e. The van der Waals surface area contributed by atoms with Crippen LogP contribution in [0.1, 0.15) is 0 Å². The number of para-hydroxylation sites is 1. The van der Waals surface area contributed by atoms with E-state index >= 15 is 0 Å². The average Bonchev–Trinajstić information content (AvgIpc) is 2.88. The zero-order valence-corrected chi connectivity index (χ0v) is 13.5. The Morgan fingerprint density at radius 2 is 1.86 bits per heavy atom. The molecule has 7 heteroatoms. The van der Waals surface area contributed by atoms with Gasteiger partial charge in [0.15, 0.2) is 0 Å². The van der Waals surface area contributed by atoms with Gasteiger partial charge in [-0.3, -0.25) is 0 Å². The Balaban J connectivity index is 1.91. The summed E-state index contributed by atoms with van der Waals surface area (Å²) in [6, 6.07) is 14.3. The zero-order chi connectivity index (χ0) is 14.9. The summed E-state index contributed by atoms with van der Waals surface area (Å²) in [6.07, 6.45) is 0. The van der Waals surface area contributed by atoms with Crippen LogP contribution in [-0.2, 0) is 20.0 Å². The maximum Gasteiger partial charge on any atom is 0.290 e. The Labute approximate surface area is 131 Å². The van der Waals surface area contributed by atoms with E-state index < -0.39 is 8.77 Å². The van der Waals surface area contributed by atoms with Crippen molar-refractivity contribution in [1.82, 2.24) is 4.98 Å².